The summed E-state index contributed by atoms with van der Waals surface area (Å²) in [5.41, 5.74) is -0.177. The number of ketones is 1. The molecule has 0 unspecified atom stereocenters. The Kier molecular flexibility index (Phi) is 3.30. The van der Waals surface area contributed by atoms with E-state index in [0.717, 1.165) is 28.3 Å². The Bertz CT molecular complexity index is 905. The molecule has 1 aromatic carbocycles. The van der Waals surface area contributed by atoms with Crippen LogP contribution in [-0.4, -0.2) is 15.3 Å². The van der Waals surface area contributed by atoms with Crippen molar-refractivity contribution in [3.8, 4) is 0 Å². The summed E-state index contributed by atoms with van der Waals surface area (Å²) in [6.45, 7) is -0.319. The first-order chi connectivity index (χ1) is 10.5. The second-order valence-electron chi connectivity index (χ2n) is 4.68. The number of carbonyl (C=O) groups excluding carboxylic acids is 1. The molecule has 2 heterocycles. The number of fused-ring (bicyclic) bond motifs is 1. The molecule has 0 bridgehead atoms. The molecule has 0 spiro atoms. The van der Waals surface area contributed by atoms with Crippen molar-refractivity contribution in [1.82, 2.24) is 4.57 Å². The standard InChI is InChI=1S/C15H10N2O5/c18-12(14-7-10-3-1-2-4-13(10)22-14)9-16-8-11(17(20)21)5-6-15(16)19/h1-8H,9H2. The minimum atomic E-state index is -0.623. The van der Waals surface area contributed by atoms with Crippen molar-refractivity contribution in [1.29, 1.82) is 0 Å². The zero-order valence-electron chi connectivity index (χ0n) is 11.3. The number of para-hydroxylation sites is 1. The lowest BCUT2D eigenvalue weighted by atomic mass is 10.2. The lowest BCUT2D eigenvalue weighted by Gasteiger charge is -2.02. The lowest BCUT2D eigenvalue weighted by molar-refractivity contribution is -0.385. The molecule has 0 saturated carbocycles. The zero-order valence-corrected chi connectivity index (χ0v) is 11.3. The van der Waals surface area contributed by atoms with Crippen LogP contribution in [0.15, 0.2) is 57.9 Å². The Labute approximate surface area is 123 Å². The third-order valence-electron chi connectivity index (χ3n) is 3.19. The van der Waals surface area contributed by atoms with Crippen LogP contribution < -0.4 is 5.56 Å². The number of hydrogen-bond acceptors (Lipinski definition) is 5. The summed E-state index contributed by atoms with van der Waals surface area (Å²) >= 11 is 0. The van der Waals surface area contributed by atoms with E-state index in [9.17, 15) is 19.7 Å². The predicted octanol–water partition coefficient (Wildman–Crippen LogP) is 2.39. The fourth-order valence-electron chi connectivity index (χ4n) is 2.10. The van der Waals surface area contributed by atoms with Gasteiger partial charge in [0.05, 0.1) is 17.7 Å². The number of rotatable bonds is 4. The Hall–Kier alpha value is -3.22. The first-order valence-corrected chi connectivity index (χ1v) is 6.41. The summed E-state index contributed by atoms with van der Waals surface area (Å²) in [6.07, 6.45) is 1.04. The highest BCUT2D eigenvalue weighted by atomic mass is 16.6. The van der Waals surface area contributed by atoms with Crippen LogP contribution in [0.2, 0.25) is 0 Å². The van der Waals surface area contributed by atoms with Gasteiger partial charge in [0, 0.05) is 17.5 Å². The van der Waals surface area contributed by atoms with Crippen molar-refractivity contribution < 1.29 is 14.1 Å². The Morgan fingerprint density at radius 3 is 2.73 bits per heavy atom. The first-order valence-electron chi connectivity index (χ1n) is 6.41. The Morgan fingerprint density at radius 2 is 2.00 bits per heavy atom. The molecule has 0 N–H and O–H groups in total. The van der Waals surface area contributed by atoms with Crippen LogP contribution >= 0.6 is 0 Å². The van der Waals surface area contributed by atoms with Crippen molar-refractivity contribution in [2.45, 2.75) is 6.54 Å². The van der Waals surface area contributed by atoms with Gasteiger partial charge in [-0.25, -0.2) is 0 Å². The van der Waals surface area contributed by atoms with Gasteiger partial charge in [-0.15, -0.1) is 0 Å². The monoisotopic (exact) mass is 298 g/mol. The maximum atomic E-state index is 12.2. The van der Waals surface area contributed by atoms with Gasteiger partial charge in [-0.1, -0.05) is 18.2 Å². The van der Waals surface area contributed by atoms with Crippen molar-refractivity contribution >= 4 is 22.4 Å². The van der Waals surface area contributed by atoms with E-state index in [1.165, 1.54) is 0 Å². The van der Waals surface area contributed by atoms with E-state index in [1.807, 2.05) is 6.07 Å². The number of pyridine rings is 1. The van der Waals surface area contributed by atoms with Gasteiger partial charge >= 0.3 is 0 Å². The molecule has 7 heteroatoms. The van der Waals surface area contributed by atoms with Gasteiger partial charge in [-0.05, 0) is 12.1 Å². The van der Waals surface area contributed by atoms with Crippen LogP contribution in [-0.2, 0) is 6.54 Å². The van der Waals surface area contributed by atoms with E-state index in [1.54, 1.807) is 24.3 Å². The van der Waals surface area contributed by atoms with Crippen LogP contribution in [0.5, 0.6) is 0 Å². The average Bonchev–Trinajstić information content (AvgIpc) is 2.93. The highest BCUT2D eigenvalue weighted by Crippen LogP contribution is 2.19. The third kappa shape index (κ3) is 2.51. The summed E-state index contributed by atoms with van der Waals surface area (Å²) < 4.78 is 6.41. The fraction of sp³-hybridized carbons (Fsp3) is 0.0667. The summed E-state index contributed by atoms with van der Waals surface area (Å²) in [6, 6.07) is 10.9. The molecule has 7 nitrogen and oxygen atoms in total. The molecule has 22 heavy (non-hydrogen) atoms. The molecule has 110 valence electrons. The molecule has 0 fully saturated rings. The highest BCUT2D eigenvalue weighted by Gasteiger charge is 2.15. The fourth-order valence-corrected chi connectivity index (χ4v) is 2.10. The third-order valence-corrected chi connectivity index (χ3v) is 3.19. The molecule has 0 amide bonds. The number of hydrogen-bond donors (Lipinski definition) is 0. The van der Waals surface area contributed by atoms with Crippen molar-refractivity contribution in [2.24, 2.45) is 0 Å². The lowest BCUT2D eigenvalue weighted by Crippen LogP contribution is -2.23. The smallest absolute Gasteiger partial charge is 0.285 e. The number of nitro groups is 1. The Morgan fingerprint density at radius 1 is 1.23 bits per heavy atom. The Balaban J connectivity index is 1.92. The number of carbonyl (C=O) groups is 1. The quantitative estimate of drug-likeness (QED) is 0.418. The van der Waals surface area contributed by atoms with E-state index in [4.69, 9.17) is 4.42 Å². The van der Waals surface area contributed by atoms with E-state index >= 15 is 0 Å². The number of nitrogens with zero attached hydrogens (tertiary/aromatic N) is 2. The zero-order chi connectivity index (χ0) is 15.7. The summed E-state index contributed by atoms with van der Waals surface area (Å²) in [5.74, 6) is -0.321. The number of benzene rings is 1. The van der Waals surface area contributed by atoms with Crippen LogP contribution in [0.4, 0.5) is 5.69 Å². The molecule has 3 rings (SSSR count). The molecule has 0 saturated heterocycles. The van der Waals surface area contributed by atoms with Crippen LogP contribution in [0, 0.1) is 10.1 Å². The SMILES string of the molecule is O=C(Cn1cc([N+](=O)[O-])ccc1=O)c1cc2ccccc2o1. The molecular weight excluding hydrogens is 288 g/mol. The molecule has 0 aliphatic rings. The maximum Gasteiger partial charge on any atom is 0.285 e. The second-order valence-corrected chi connectivity index (χ2v) is 4.68. The minimum absolute atomic E-state index is 0.111. The van der Waals surface area contributed by atoms with Gasteiger partial charge in [-0.3, -0.25) is 19.7 Å². The summed E-state index contributed by atoms with van der Waals surface area (Å²) in [4.78, 5) is 34.0. The molecule has 3 aromatic rings. The van der Waals surface area contributed by atoms with E-state index in [-0.39, 0.29) is 18.0 Å². The van der Waals surface area contributed by atoms with Crippen LogP contribution in [0.1, 0.15) is 10.6 Å². The number of Topliss-reactive ketones (excluding diaryl/α,β-unsaturated/α-hetero) is 1. The second kappa shape index (κ2) is 5.28. The molecule has 0 atom stereocenters. The minimum Gasteiger partial charge on any atom is -0.453 e. The van der Waals surface area contributed by atoms with Crippen LogP contribution in [0.3, 0.4) is 0 Å². The normalized spacial score (nSPS) is 10.7. The molecule has 0 radical (unpaired) electrons. The van der Waals surface area contributed by atoms with Crippen molar-refractivity contribution in [2.75, 3.05) is 0 Å². The van der Waals surface area contributed by atoms with Gasteiger partial charge in [0.1, 0.15) is 5.58 Å². The van der Waals surface area contributed by atoms with E-state index in [2.05, 4.69) is 0 Å². The molecule has 0 aliphatic carbocycles. The highest BCUT2D eigenvalue weighted by molar-refractivity contribution is 5.97. The first kappa shape index (κ1) is 13.7. The van der Waals surface area contributed by atoms with Gasteiger partial charge in [0.15, 0.2) is 5.76 Å². The van der Waals surface area contributed by atoms with Gasteiger partial charge in [-0.2, -0.15) is 0 Å². The van der Waals surface area contributed by atoms with E-state index < -0.39 is 16.3 Å². The largest absolute Gasteiger partial charge is 0.453 e. The maximum absolute atomic E-state index is 12.2. The van der Waals surface area contributed by atoms with Crippen molar-refractivity contribution in [3.63, 3.8) is 0 Å². The number of furan rings is 1. The molecule has 2 aromatic heterocycles. The van der Waals surface area contributed by atoms with E-state index in [0.29, 0.717) is 5.58 Å². The predicted molar refractivity (Wildman–Crippen MR) is 77.9 cm³/mol. The van der Waals surface area contributed by atoms with Crippen molar-refractivity contribution in [3.05, 3.63) is 74.9 Å². The molecule has 0 aliphatic heterocycles. The van der Waals surface area contributed by atoms with Gasteiger partial charge in [0.25, 0.3) is 11.2 Å². The molecular formula is C15H10N2O5. The van der Waals surface area contributed by atoms with Gasteiger partial charge in [0.2, 0.25) is 5.78 Å². The van der Waals surface area contributed by atoms with Gasteiger partial charge < -0.3 is 8.98 Å². The summed E-state index contributed by atoms with van der Waals surface area (Å²) in [5, 5.41) is 11.5. The average molecular weight is 298 g/mol. The topological polar surface area (TPSA) is 95.4 Å². The number of aromatic nitrogens is 1. The van der Waals surface area contributed by atoms with Crippen LogP contribution in [0.25, 0.3) is 11.0 Å². The summed E-state index contributed by atoms with van der Waals surface area (Å²) in [7, 11) is 0.